The van der Waals surface area contributed by atoms with Crippen molar-refractivity contribution in [1.82, 2.24) is 0 Å². The van der Waals surface area contributed by atoms with Crippen LogP contribution >= 0.6 is 0 Å². The molecule has 2 atom stereocenters. The normalized spacial score (nSPS) is 30.1. The van der Waals surface area contributed by atoms with Crippen LogP contribution in [-0.2, 0) is 0 Å². The molecule has 0 saturated heterocycles. The fourth-order valence-corrected chi connectivity index (χ4v) is 2.78. The van der Waals surface area contributed by atoms with Crippen molar-refractivity contribution >= 4 is 0 Å². The summed E-state index contributed by atoms with van der Waals surface area (Å²) < 4.78 is 0. The molecular weight excluding hydrogens is 168 g/mol. The number of allylic oxidation sites excluding steroid dienone is 2. The van der Waals surface area contributed by atoms with Crippen LogP contribution in [0.1, 0.15) is 65.2 Å². The minimum Gasteiger partial charge on any atom is -0.0885 e. The van der Waals surface area contributed by atoms with Crippen LogP contribution in [0, 0.1) is 11.8 Å². The van der Waals surface area contributed by atoms with E-state index in [0.717, 1.165) is 11.8 Å². The summed E-state index contributed by atoms with van der Waals surface area (Å²) in [5, 5.41) is 0. The fraction of sp³-hybridized carbons (Fsp3) is 0.857. The Hall–Kier alpha value is -0.260. The third-order valence-electron chi connectivity index (χ3n) is 3.77. The molecule has 0 N–H and O–H groups in total. The van der Waals surface area contributed by atoms with E-state index in [0.29, 0.717) is 0 Å². The third-order valence-corrected chi connectivity index (χ3v) is 3.77. The minimum absolute atomic E-state index is 1.08. The highest BCUT2D eigenvalue weighted by atomic mass is 14.3. The van der Waals surface area contributed by atoms with Crippen molar-refractivity contribution in [3.05, 3.63) is 12.2 Å². The van der Waals surface area contributed by atoms with E-state index >= 15 is 0 Å². The van der Waals surface area contributed by atoms with Crippen LogP contribution in [0.15, 0.2) is 12.2 Å². The molecule has 0 radical (unpaired) electrons. The molecule has 0 aromatic heterocycles. The first-order chi connectivity index (χ1) is 6.88. The maximum atomic E-state index is 2.33. The van der Waals surface area contributed by atoms with E-state index in [2.05, 4.69) is 26.0 Å². The second kappa shape index (κ2) is 7.09. The molecule has 0 heterocycles. The first-order valence-electron chi connectivity index (χ1n) is 6.53. The molecule has 0 bridgehead atoms. The van der Waals surface area contributed by atoms with Crippen LogP contribution in [0.25, 0.3) is 0 Å². The Kier molecular flexibility index (Phi) is 5.98. The van der Waals surface area contributed by atoms with Gasteiger partial charge >= 0.3 is 0 Å². The molecule has 2 aliphatic carbocycles. The van der Waals surface area contributed by atoms with Crippen molar-refractivity contribution in [3.8, 4) is 0 Å². The molecule has 2 aliphatic rings. The highest BCUT2D eigenvalue weighted by Crippen LogP contribution is 2.35. The summed E-state index contributed by atoms with van der Waals surface area (Å²) in [4.78, 5) is 0. The van der Waals surface area contributed by atoms with Gasteiger partial charge in [-0.2, -0.15) is 0 Å². The highest BCUT2D eigenvalue weighted by Gasteiger charge is 2.23. The van der Waals surface area contributed by atoms with Gasteiger partial charge in [0, 0.05) is 0 Å². The fourth-order valence-electron chi connectivity index (χ4n) is 2.78. The van der Waals surface area contributed by atoms with E-state index in [1.165, 1.54) is 51.4 Å². The zero-order chi connectivity index (χ0) is 10.2. The third kappa shape index (κ3) is 3.86. The quantitative estimate of drug-likeness (QED) is 0.546. The molecule has 14 heavy (non-hydrogen) atoms. The van der Waals surface area contributed by atoms with Gasteiger partial charge < -0.3 is 0 Å². The van der Waals surface area contributed by atoms with Gasteiger partial charge in [-0.05, 0) is 31.1 Å². The van der Waals surface area contributed by atoms with Crippen molar-refractivity contribution < 1.29 is 0 Å². The molecule has 0 aromatic carbocycles. The largest absolute Gasteiger partial charge is 0.0885 e. The van der Waals surface area contributed by atoms with E-state index in [9.17, 15) is 0 Å². The second-order valence-electron chi connectivity index (χ2n) is 4.67. The van der Waals surface area contributed by atoms with Crippen molar-refractivity contribution in [1.29, 1.82) is 0 Å². The summed E-state index contributed by atoms with van der Waals surface area (Å²) in [7, 11) is 0. The zero-order valence-electron chi connectivity index (χ0n) is 9.97. The standard InChI is InChI=1S/C9H18.C5H8/c1-3-8-6-5-7-9(8)4-2;1-2-4-5-3-1/h8-9H,3-7H2,1-2H3;1-2H,3-5H2. The maximum Gasteiger partial charge on any atom is -0.0348 e. The summed E-state index contributed by atoms with van der Waals surface area (Å²) in [5.74, 6) is 2.16. The average molecular weight is 194 g/mol. The van der Waals surface area contributed by atoms with Crippen LogP contribution in [-0.4, -0.2) is 0 Å². The lowest BCUT2D eigenvalue weighted by Crippen LogP contribution is -2.04. The van der Waals surface area contributed by atoms with Gasteiger partial charge in [-0.25, -0.2) is 0 Å². The van der Waals surface area contributed by atoms with Crippen LogP contribution < -0.4 is 0 Å². The number of hydrogen-bond donors (Lipinski definition) is 0. The summed E-state index contributed by atoms with van der Waals surface area (Å²) in [6, 6.07) is 0. The molecule has 0 aromatic rings. The molecule has 0 heteroatoms. The summed E-state index contributed by atoms with van der Waals surface area (Å²) in [6.07, 6.45) is 15.8. The molecule has 82 valence electrons. The van der Waals surface area contributed by atoms with Gasteiger partial charge in [-0.15, -0.1) is 0 Å². The second-order valence-corrected chi connectivity index (χ2v) is 4.67. The Labute approximate surface area is 89.8 Å². The average Bonchev–Trinajstić information content (AvgIpc) is 2.91. The minimum atomic E-state index is 1.08. The molecule has 0 aliphatic heterocycles. The van der Waals surface area contributed by atoms with Crippen molar-refractivity contribution in [2.24, 2.45) is 11.8 Å². The van der Waals surface area contributed by atoms with E-state index in [4.69, 9.17) is 0 Å². The molecule has 2 rings (SSSR count). The SMILES string of the molecule is C1=CCCC1.CCC1CCCC1CC. The molecular formula is C14H26. The Morgan fingerprint density at radius 1 is 0.857 bits per heavy atom. The summed E-state index contributed by atoms with van der Waals surface area (Å²) >= 11 is 0. The Bertz CT molecular complexity index is 141. The topological polar surface area (TPSA) is 0 Å². The lowest BCUT2D eigenvalue weighted by molar-refractivity contribution is 0.367. The Morgan fingerprint density at radius 3 is 1.64 bits per heavy atom. The summed E-state index contributed by atoms with van der Waals surface area (Å²) in [5.41, 5.74) is 0. The van der Waals surface area contributed by atoms with Crippen molar-refractivity contribution in [2.75, 3.05) is 0 Å². The Balaban J connectivity index is 0.000000165. The lowest BCUT2D eigenvalue weighted by Gasteiger charge is -2.14. The number of hydrogen-bond acceptors (Lipinski definition) is 0. The molecule has 2 unspecified atom stereocenters. The summed E-state index contributed by atoms with van der Waals surface area (Å²) in [6.45, 7) is 4.66. The smallest absolute Gasteiger partial charge is 0.0348 e. The van der Waals surface area contributed by atoms with Gasteiger partial charge in [0.25, 0.3) is 0 Å². The molecule has 1 fully saturated rings. The van der Waals surface area contributed by atoms with Crippen LogP contribution in [0.5, 0.6) is 0 Å². The number of rotatable bonds is 2. The van der Waals surface area contributed by atoms with E-state index in [-0.39, 0.29) is 0 Å². The lowest BCUT2D eigenvalue weighted by atomic mass is 9.92. The predicted octanol–water partition coefficient (Wildman–Crippen LogP) is 4.95. The highest BCUT2D eigenvalue weighted by molar-refractivity contribution is 4.88. The predicted molar refractivity (Wildman–Crippen MR) is 64.4 cm³/mol. The van der Waals surface area contributed by atoms with Gasteiger partial charge in [0.1, 0.15) is 0 Å². The van der Waals surface area contributed by atoms with Gasteiger partial charge in [-0.1, -0.05) is 58.1 Å². The molecule has 0 spiro atoms. The first kappa shape index (κ1) is 11.8. The van der Waals surface area contributed by atoms with E-state index < -0.39 is 0 Å². The maximum absolute atomic E-state index is 2.33. The van der Waals surface area contributed by atoms with Gasteiger partial charge in [0.15, 0.2) is 0 Å². The van der Waals surface area contributed by atoms with Gasteiger partial charge in [0.2, 0.25) is 0 Å². The first-order valence-corrected chi connectivity index (χ1v) is 6.53. The zero-order valence-corrected chi connectivity index (χ0v) is 9.97. The molecule has 1 saturated carbocycles. The van der Waals surface area contributed by atoms with Crippen LogP contribution in [0.2, 0.25) is 0 Å². The monoisotopic (exact) mass is 194 g/mol. The van der Waals surface area contributed by atoms with Gasteiger partial charge in [0.05, 0.1) is 0 Å². The van der Waals surface area contributed by atoms with Gasteiger partial charge in [-0.3, -0.25) is 0 Å². The Morgan fingerprint density at radius 2 is 1.36 bits per heavy atom. The van der Waals surface area contributed by atoms with Crippen molar-refractivity contribution in [2.45, 2.75) is 65.2 Å². The van der Waals surface area contributed by atoms with E-state index in [1.54, 1.807) is 0 Å². The van der Waals surface area contributed by atoms with Crippen LogP contribution in [0.4, 0.5) is 0 Å². The van der Waals surface area contributed by atoms with E-state index in [1.807, 2.05) is 0 Å². The molecule has 0 nitrogen and oxygen atoms in total. The molecule has 0 amide bonds. The van der Waals surface area contributed by atoms with Crippen LogP contribution in [0.3, 0.4) is 0 Å². The van der Waals surface area contributed by atoms with Crippen molar-refractivity contribution in [3.63, 3.8) is 0 Å².